The van der Waals surface area contributed by atoms with E-state index in [-0.39, 0.29) is 19.1 Å². The van der Waals surface area contributed by atoms with Crippen LogP contribution in [0.2, 0.25) is 5.02 Å². The monoisotopic (exact) mass is 363 g/mol. The summed E-state index contributed by atoms with van der Waals surface area (Å²) >= 11 is 5.80. The van der Waals surface area contributed by atoms with Crippen molar-refractivity contribution in [2.24, 2.45) is 0 Å². The Morgan fingerprint density at radius 3 is 2.32 bits per heavy atom. The van der Waals surface area contributed by atoms with Gasteiger partial charge in [0.05, 0.1) is 6.61 Å². The fraction of sp³-hybridized carbons (Fsp3) is 0.222. The number of carbonyl (C=O) groups excluding carboxylic acids is 2. The Morgan fingerprint density at radius 1 is 1.00 bits per heavy atom. The zero-order valence-electron chi connectivity index (χ0n) is 13.7. The Morgan fingerprint density at radius 2 is 1.68 bits per heavy atom. The number of ether oxygens (including phenoxy) is 3. The maximum absolute atomic E-state index is 12.2. The lowest BCUT2D eigenvalue weighted by Gasteiger charge is -2.08. The number of methoxy groups -OCH3 is 1. The summed E-state index contributed by atoms with van der Waals surface area (Å²) in [6.07, 6.45) is 0. The molecule has 0 heterocycles. The van der Waals surface area contributed by atoms with Crippen LogP contribution in [0.25, 0.3) is 0 Å². The van der Waals surface area contributed by atoms with Crippen LogP contribution in [0.4, 0.5) is 5.69 Å². The van der Waals surface area contributed by atoms with Gasteiger partial charge in [0.2, 0.25) is 0 Å². The van der Waals surface area contributed by atoms with E-state index < -0.39 is 5.97 Å². The zero-order valence-corrected chi connectivity index (χ0v) is 14.4. The van der Waals surface area contributed by atoms with Crippen molar-refractivity contribution >= 4 is 29.2 Å². The maximum atomic E-state index is 12.2. The highest BCUT2D eigenvalue weighted by atomic mass is 35.5. The van der Waals surface area contributed by atoms with Crippen LogP contribution in [-0.2, 0) is 14.3 Å². The minimum absolute atomic E-state index is 0.183. The normalized spacial score (nSPS) is 10.2. The maximum Gasteiger partial charge on any atom is 0.344 e. The predicted octanol–water partition coefficient (Wildman–Crippen LogP) is 3.16. The lowest BCUT2D eigenvalue weighted by Crippen LogP contribution is -2.17. The molecule has 0 unspecified atom stereocenters. The second-order valence-electron chi connectivity index (χ2n) is 4.99. The van der Waals surface area contributed by atoms with E-state index in [2.05, 4.69) is 5.32 Å². The van der Waals surface area contributed by atoms with Crippen molar-refractivity contribution in [1.82, 2.24) is 0 Å². The molecule has 2 aromatic rings. The minimum Gasteiger partial charge on any atom is -0.482 e. The molecule has 1 N–H and O–H groups in total. The third-order valence-corrected chi connectivity index (χ3v) is 3.38. The molecule has 2 aromatic carbocycles. The van der Waals surface area contributed by atoms with Crippen LogP contribution in [-0.4, -0.2) is 38.8 Å². The van der Waals surface area contributed by atoms with Crippen LogP contribution in [0.1, 0.15) is 10.4 Å². The second kappa shape index (κ2) is 9.66. The molecular formula is C18H18ClNO5. The van der Waals surface area contributed by atoms with Gasteiger partial charge in [0.25, 0.3) is 5.91 Å². The van der Waals surface area contributed by atoms with Crippen molar-refractivity contribution in [1.29, 1.82) is 0 Å². The molecule has 0 aliphatic heterocycles. The Labute approximate surface area is 150 Å². The van der Waals surface area contributed by atoms with Crippen molar-refractivity contribution < 1.29 is 23.8 Å². The van der Waals surface area contributed by atoms with Gasteiger partial charge in [0.15, 0.2) is 6.61 Å². The van der Waals surface area contributed by atoms with Gasteiger partial charge in [0.1, 0.15) is 12.4 Å². The minimum atomic E-state index is -0.485. The third kappa shape index (κ3) is 6.45. The molecule has 2 rings (SSSR count). The number of anilines is 1. The van der Waals surface area contributed by atoms with Gasteiger partial charge in [-0.1, -0.05) is 11.6 Å². The van der Waals surface area contributed by atoms with Gasteiger partial charge in [-0.15, -0.1) is 0 Å². The molecule has 25 heavy (non-hydrogen) atoms. The van der Waals surface area contributed by atoms with Crippen LogP contribution in [0.15, 0.2) is 48.5 Å². The van der Waals surface area contributed by atoms with Gasteiger partial charge in [0, 0.05) is 23.4 Å². The van der Waals surface area contributed by atoms with E-state index in [1.54, 1.807) is 48.5 Å². The summed E-state index contributed by atoms with van der Waals surface area (Å²) in [4.78, 5) is 23.6. The summed E-state index contributed by atoms with van der Waals surface area (Å²) in [5.41, 5.74) is 1.11. The van der Waals surface area contributed by atoms with E-state index in [9.17, 15) is 9.59 Å². The highest BCUT2D eigenvalue weighted by Gasteiger charge is 2.08. The quantitative estimate of drug-likeness (QED) is 0.576. The fourth-order valence-electron chi connectivity index (χ4n) is 1.86. The fourth-order valence-corrected chi connectivity index (χ4v) is 1.99. The van der Waals surface area contributed by atoms with Gasteiger partial charge in [-0.2, -0.15) is 0 Å². The Balaban J connectivity index is 1.83. The molecule has 1 amide bonds. The molecule has 0 spiro atoms. The molecule has 0 aliphatic rings. The molecule has 0 bridgehead atoms. The highest BCUT2D eigenvalue weighted by Crippen LogP contribution is 2.16. The lowest BCUT2D eigenvalue weighted by atomic mass is 10.2. The molecular weight excluding hydrogens is 346 g/mol. The standard InChI is InChI=1S/C18H18ClNO5/c1-23-10-11-24-17(21)12-25-16-8-2-13(3-9-16)18(22)20-15-6-4-14(19)5-7-15/h2-9H,10-12H2,1H3,(H,20,22). The van der Waals surface area contributed by atoms with E-state index >= 15 is 0 Å². The number of carbonyl (C=O) groups is 2. The molecule has 0 radical (unpaired) electrons. The molecule has 6 nitrogen and oxygen atoms in total. The molecule has 7 heteroatoms. The van der Waals surface area contributed by atoms with Crippen LogP contribution in [0.5, 0.6) is 5.75 Å². The van der Waals surface area contributed by atoms with Gasteiger partial charge >= 0.3 is 5.97 Å². The van der Waals surface area contributed by atoms with Crippen molar-refractivity contribution in [3.05, 3.63) is 59.1 Å². The Bertz CT molecular complexity index is 700. The molecule has 0 aliphatic carbocycles. The second-order valence-corrected chi connectivity index (χ2v) is 5.42. The average Bonchev–Trinajstić information content (AvgIpc) is 2.62. The van der Waals surface area contributed by atoms with Gasteiger partial charge in [-0.25, -0.2) is 4.79 Å². The summed E-state index contributed by atoms with van der Waals surface area (Å²) in [5.74, 6) is -0.277. The SMILES string of the molecule is COCCOC(=O)COc1ccc(C(=O)Nc2ccc(Cl)cc2)cc1. The van der Waals surface area contributed by atoms with E-state index in [0.717, 1.165) is 0 Å². The first kappa shape index (κ1) is 18.8. The third-order valence-electron chi connectivity index (χ3n) is 3.13. The highest BCUT2D eigenvalue weighted by molar-refractivity contribution is 6.30. The Hall–Kier alpha value is -2.57. The molecule has 0 saturated carbocycles. The van der Waals surface area contributed by atoms with E-state index in [1.807, 2.05) is 0 Å². The van der Waals surface area contributed by atoms with E-state index in [1.165, 1.54) is 7.11 Å². The molecule has 0 aromatic heterocycles. The van der Waals surface area contributed by atoms with E-state index in [0.29, 0.717) is 28.6 Å². The summed E-state index contributed by atoms with van der Waals surface area (Å²) < 4.78 is 15.0. The molecule has 132 valence electrons. The van der Waals surface area contributed by atoms with Gasteiger partial charge in [-0.3, -0.25) is 4.79 Å². The van der Waals surface area contributed by atoms with Crippen molar-refractivity contribution in [2.75, 3.05) is 32.2 Å². The Kier molecular flexibility index (Phi) is 7.25. The summed E-state index contributed by atoms with van der Waals surface area (Å²) in [5, 5.41) is 3.36. The van der Waals surface area contributed by atoms with Crippen molar-refractivity contribution in [3.8, 4) is 5.75 Å². The van der Waals surface area contributed by atoms with Crippen LogP contribution < -0.4 is 10.1 Å². The zero-order chi connectivity index (χ0) is 18.1. The topological polar surface area (TPSA) is 73.9 Å². The number of hydrogen-bond acceptors (Lipinski definition) is 5. The largest absolute Gasteiger partial charge is 0.482 e. The van der Waals surface area contributed by atoms with Crippen LogP contribution in [0, 0.1) is 0 Å². The summed E-state index contributed by atoms with van der Waals surface area (Å²) in [7, 11) is 1.52. The molecule has 0 fully saturated rings. The number of rotatable bonds is 8. The molecule has 0 atom stereocenters. The van der Waals surface area contributed by atoms with Gasteiger partial charge < -0.3 is 19.5 Å². The first-order valence-electron chi connectivity index (χ1n) is 7.53. The first-order chi connectivity index (χ1) is 12.1. The van der Waals surface area contributed by atoms with Crippen molar-refractivity contribution in [3.63, 3.8) is 0 Å². The smallest absolute Gasteiger partial charge is 0.344 e. The first-order valence-corrected chi connectivity index (χ1v) is 7.90. The number of benzene rings is 2. The number of halogens is 1. The summed E-state index contributed by atoms with van der Waals surface area (Å²) in [6.45, 7) is 0.311. The number of nitrogens with one attached hydrogen (secondary N) is 1. The predicted molar refractivity (Wildman–Crippen MR) is 94.2 cm³/mol. The molecule has 0 saturated heterocycles. The number of amides is 1. The number of esters is 1. The van der Waals surface area contributed by atoms with Crippen molar-refractivity contribution in [2.45, 2.75) is 0 Å². The lowest BCUT2D eigenvalue weighted by molar-refractivity contribution is -0.147. The van der Waals surface area contributed by atoms with Crippen LogP contribution in [0.3, 0.4) is 0 Å². The summed E-state index contributed by atoms with van der Waals surface area (Å²) in [6, 6.07) is 13.3. The average molecular weight is 364 g/mol. The van der Waals surface area contributed by atoms with Crippen LogP contribution >= 0.6 is 11.6 Å². The number of hydrogen-bond donors (Lipinski definition) is 1. The van der Waals surface area contributed by atoms with E-state index in [4.69, 9.17) is 25.8 Å². The van der Waals surface area contributed by atoms with Gasteiger partial charge in [-0.05, 0) is 48.5 Å².